The molecule has 0 saturated heterocycles. The highest BCUT2D eigenvalue weighted by Crippen LogP contribution is 2.48. The van der Waals surface area contributed by atoms with Crippen molar-refractivity contribution < 1.29 is 32.9 Å². The van der Waals surface area contributed by atoms with Crippen molar-refractivity contribution in [1.29, 1.82) is 0 Å². The van der Waals surface area contributed by atoms with Crippen LogP contribution in [0.25, 0.3) is 0 Å². The molecule has 0 radical (unpaired) electrons. The number of ether oxygens (including phenoxy) is 1. The molecule has 2 unspecified atom stereocenters. The van der Waals surface area contributed by atoms with Gasteiger partial charge in [0.25, 0.3) is 0 Å². The average molecular weight is 484 g/mol. The minimum atomic E-state index is -5.08. The number of rotatable bonds is 8. The molecule has 1 heterocycles. The molecule has 0 aliphatic carbocycles. The van der Waals surface area contributed by atoms with Crippen molar-refractivity contribution in [2.75, 3.05) is 0 Å². The molecule has 0 spiro atoms. The number of carboxylic acid groups (broad SMARTS) is 1. The fourth-order valence-corrected chi connectivity index (χ4v) is 3.41. The van der Waals surface area contributed by atoms with Crippen LogP contribution in [-0.4, -0.2) is 38.2 Å². The van der Waals surface area contributed by atoms with Crippen LogP contribution in [0.15, 0.2) is 66.4 Å². The summed E-state index contributed by atoms with van der Waals surface area (Å²) < 4.78 is 47.8. The van der Waals surface area contributed by atoms with Gasteiger partial charge in [-0.2, -0.15) is 13.2 Å². The number of carboxylic acids is 1. The van der Waals surface area contributed by atoms with E-state index >= 15 is 0 Å². The molecule has 0 aliphatic rings. The number of aliphatic hydroxyl groups is 1. The first kappa shape index (κ1) is 25.9. The average Bonchev–Trinajstić information content (AvgIpc) is 2.71. The maximum absolute atomic E-state index is 14.1. The van der Waals surface area contributed by atoms with Gasteiger partial charge in [-0.3, -0.25) is 0 Å². The van der Waals surface area contributed by atoms with Crippen molar-refractivity contribution in [1.82, 2.24) is 10.2 Å². The van der Waals surface area contributed by atoms with Gasteiger partial charge in [-0.15, -0.1) is 10.2 Å². The molecule has 1 aromatic carbocycles. The van der Waals surface area contributed by atoms with E-state index in [4.69, 9.17) is 27.2 Å². The zero-order chi connectivity index (χ0) is 25.0. The van der Waals surface area contributed by atoms with Crippen LogP contribution in [0.1, 0.15) is 35.8 Å². The number of nitrogens with zero attached hydrogens (tertiary/aromatic N) is 2. The Kier molecular flexibility index (Phi) is 7.89. The summed E-state index contributed by atoms with van der Waals surface area (Å²) in [6, 6.07) is 6.30. The zero-order valence-corrected chi connectivity index (χ0v) is 18.4. The molecule has 7 nitrogen and oxygen atoms in total. The van der Waals surface area contributed by atoms with Crippen molar-refractivity contribution >= 4 is 17.6 Å². The second-order valence-corrected chi connectivity index (χ2v) is 7.49. The maximum atomic E-state index is 14.1. The quantitative estimate of drug-likeness (QED) is 0.452. The number of alkyl halides is 3. The fraction of sp³-hybridized carbons (Fsp3) is 0.227. The second-order valence-electron chi connectivity index (χ2n) is 7.08. The maximum Gasteiger partial charge on any atom is 0.422 e. The standard InChI is InChI=1S/C22H21ClF3N3O4/c1-4-5-14(10-12(2)27)21(32,22(24,25)26)13(3)16-7-6-15(11-17(16)23)33-19-9-8-18(20(30)31)28-29-19/h4-11,13,32H,1,27H2,2-3H3,(H,30,31)/b12-10-,14-5+. The van der Waals surface area contributed by atoms with Crippen molar-refractivity contribution in [2.45, 2.75) is 31.5 Å². The van der Waals surface area contributed by atoms with Crippen molar-refractivity contribution in [3.63, 3.8) is 0 Å². The monoisotopic (exact) mass is 483 g/mol. The Bertz CT molecular complexity index is 1100. The second kappa shape index (κ2) is 10.1. The number of benzene rings is 1. The van der Waals surface area contributed by atoms with E-state index in [1.54, 1.807) is 0 Å². The molecular weight excluding hydrogens is 463 g/mol. The van der Waals surface area contributed by atoms with Crippen LogP contribution in [0.2, 0.25) is 5.02 Å². The highest BCUT2D eigenvalue weighted by molar-refractivity contribution is 6.31. The van der Waals surface area contributed by atoms with E-state index in [0.717, 1.165) is 18.2 Å². The van der Waals surface area contributed by atoms with Gasteiger partial charge >= 0.3 is 12.1 Å². The van der Waals surface area contributed by atoms with Crippen LogP contribution < -0.4 is 10.5 Å². The topological polar surface area (TPSA) is 119 Å². The predicted molar refractivity (Wildman–Crippen MR) is 116 cm³/mol. The smallest absolute Gasteiger partial charge is 0.422 e. The molecule has 2 aromatic rings. The summed E-state index contributed by atoms with van der Waals surface area (Å²) in [4.78, 5) is 10.8. The van der Waals surface area contributed by atoms with Gasteiger partial charge in [0, 0.05) is 22.7 Å². The van der Waals surface area contributed by atoms with Crippen LogP contribution in [0.3, 0.4) is 0 Å². The summed E-state index contributed by atoms with van der Waals surface area (Å²) >= 11 is 6.25. The van der Waals surface area contributed by atoms with Gasteiger partial charge in [0.05, 0.1) is 0 Å². The molecule has 4 N–H and O–H groups in total. The van der Waals surface area contributed by atoms with E-state index < -0.39 is 29.2 Å². The van der Waals surface area contributed by atoms with Crippen LogP contribution >= 0.6 is 11.6 Å². The lowest BCUT2D eigenvalue weighted by atomic mass is 9.76. The highest BCUT2D eigenvalue weighted by atomic mass is 35.5. The minimum Gasteiger partial charge on any atom is -0.476 e. The fourth-order valence-electron chi connectivity index (χ4n) is 3.07. The molecule has 0 fully saturated rings. The summed E-state index contributed by atoms with van der Waals surface area (Å²) in [6.07, 6.45) is -1.90. The molecule has 11 heteroatoms. The van der Waals surface area contributed by atoms with E-state index in [1.807, 2.05) is 0 Å². The lowest BCUT2D eigenvalue weighted by molar-refractivity contribution is -0.250. The predicted octanol–water partition coefficient (Wildman–Crippen LogP) is 4.99. The molecule has 0 aliphatic heterocycles. The Hall–Kier alpha value is -3.37. The molecule has 2 rings (SSSR count). The first-order chi connectivity index (χ1) is 15.3. The third kappa shape index (κ3) is 5.71. The van der Waals surface area contributed by atoms with E-state index in [1.165, 1.54) is 44.2 Å². The van der Waals surface area contributed by atoms with Crippen LogP contribution in [0.4, 0.5) is 13.2 Å². The number of nitrogens with two attached hydrogens (primary N) is 1. The number of hydrogen-bond acceptors (Lipinski definition) is 6. The first-order valence-electron chi connectivity index (χ1n) is 9.41. The summed E-state index contributed by atoms with van der Waals surface area (Å²) in [6.45, 7) is 5.98. The molecule has 176 valence electrons. The van der Waals surface area contributed by atoms with Crippen LogP contribution in [0, 0.1) is 0 Å². The Balaban J connectivity index is 2.45. The molecule has 0 amide bonds. The SMILES string of the molecule is C=C/C=C(\C=C(\C)N)C(O)(C(C)c1ccc(Oc2ccc(C(=O)O)nn2)cc1Cl)C(F)(F)F. The number of allylic oxidation sites excluding steroid dienone is 3. The molecule has 1 aromatic heterocycles. The van der Waals surface area contributed by atoms with Crippen molar-refractivity contribution in [2.24, 2.45) is 5.73 Å². The van der Waals surface area contributed by atoms with Gasteiger partial charge in [0.1, 0.15) is 5.75 Å². The lowest BCUT2D eigenvalue weighted by Crippen LogP contribution is -2.50. The van der Waals surface area contributed by atoms with Gasteiger partial charge in [0.2, 0.25) is 5.88 Å². The third-order valence-corrected chi connectivity index (χ3v) is 5.03. The number of hydrogen-bond donors (Lipinski definition) is 3. The molecular formula is C22H21ClF3N3O4. The highest BCUT2D eigenvalue weighted by Gasteiger charge is 2.59. The third-order valence-electron chi connectivity index (χ3n) is 4.70. The van der Waals surface area contributed by atoms with Crippen LogP contribution in [0.5, 0.6) is 11.6 Å². The van der Waals surface area contributed by atoms with E-state index in [-0.39, 0.29) is 33.6 Å². The van der Waals surface area contributed by atoms with Crippen molar-refractivity contribution in [3.8, 4) is 11.6 Å². The van der Waals surface area contributed by atoms with E-state index in [0.29, 0.717) is 0 Å². The number of halogens is 4. The Morgan fingerprint density at radius 2 is 1.94 bits per heavy atom. The summed E-state index contributed by atoms with van der Waals surface area (Å²) in [5.74, 6) is -2.75. The molecule has 33 heavy (non-hydrogen) atoms. The largest absolute Gasteiger partial charge is 0.476 e. The molecule has 0 saturated carbocycles. The van der Waals surface area contributed by atoms with Gasteiger partial charge in [-0.05, 0) is 42.3 Å². The van der Waals surface area contributed by atoms with Gasteiger partial charge in [-0.25, -0.2) is 4.79 Å². The molecule has 0 bridgehead atoms. The normalized spacial score (nSPS) is 15.5. The van der Waals surface area contributed by atoms with Crippen molar-refractivity contribution in [3.05, 3.63) is 82.7 Å². The van der Waals surface area contributed by atoms with Gasteiger partial charge in [0.15, 0.2) is 11.3 Å². The Labute approximate surface area is 192 Å². The van der Waals surface area contributed by atoms with E-state index in [2.05, 4.69) is 16.8 Å². The minimum absolute atomic E-state index is 0.00538. The zero-order valence-electron chi connectivity index (χ0n) is 17.6. The summed E-state index contributed by atoms with van der Waals surface area (Å²) in [5, 5.41) is 26.7. The Morgan fingerprint density at radius 3 is 2.39 bits per heavy atom. The van der Waals surface area contributed by atoms with Gasteiger partial charge < -0.3 is 20.7 Å². The summed E-state index contributed by atoms with van der Waals surface area (Å²) in [5.41, 5.74) is 1.51. The molecule has 2 atom stereocenters. The van der Waals surface area contributed by atoms with Gasteiger partial charge in [-0.1, -0.05) is 43.3 Å². The number of aromatic carboxylic acids is 1. The number of carbonyl (C=O) groups is 1. The summed E-state index contributed by atoms with van der Waals surface area (Å²) in [7, 11) is 0. The first-order valence-corrected chi connectivity index (χ1v) is 9.79. The number of aromatic nitrogens is 2. The van der Waals surface area contributed by atoms with Crippen LogP contribution in [-0.2, 0) is 0 Å². The lowest BCUT2D eigenvalue weighted by Gasteiger charge is -2.37. The van der Waals surface area contributed by atoms with E-state index in [9.17, 15) is 23.1 Å². The Morgan fingerprint density at radius 1 is 1.27 bits per heavy atom.